The second-order valence-corrected chi connectivity index (χ2v) is 1.61. The maximum atomic E-state index is 10.6. The summed E-state index contributed by atoms with van der Waals surface area (Å²) in [6, 6.07) is 0. The Balaban J connectivity index is 2.70. The Labute approximate surface area is 53.6 Å². The van der Waals surface area contributed by atoms with Crippen LogP contribution in [0.5, 0.6) is 0 Å². The largest absolute Gasteiger partial charge is 0.329 e. The van der Waals surface area contributed by atoms with Crippen LogP contribution in [0.4, 0.5) is 0 Å². The van der Waals surface area contributed by atoms with E-state index in [0.29, 0.717) is 0 Å². The van der Waals surface area contributed by atoms with E-state index < -0.39 is 0 Å². The standard InChI is InChI=1S/C7H7NO/c9-7-5-3-1-2-4-6-8-7/h1-6H,(H,8,9). The van der Waals surface area contributed by atoms with Gasteiger partial charge < -0.3 is 5.32 Å². The predicted molar refractivity (Wildman–Crippen MR) is 35.6 cm³/mol. The summed E-state index contributed by atoms with van der Waals surface area (Å²) in [6.45, 7) is 0. The van der Waals surface area contributed by atoms with Gasteiger partial charge in [-0.3, -0.25) is 4.79 Å². The molecule has 0 saturated carbocycles. The fourth-order valence-corrected chi connectivity index (χ4v) is 0.505. The van der Waals surface area contributed by atoms with Crippen LogP contribution in [0.3, 0.4) is 0 Å². The van der Waals surface area contributed by atoms with Crippen molar-refractivity contribution < 1.29 is 4.79 Å². The Bertz CT molecular complexity index is 189. The maximum absolute atomic E-state index is 10.6. The minimum absolute atomic E-state index is 0.0874. The van der Waals surface area contributed by atoms with Crippen molar-refractivity contribution in [2.45, 2.75) is 0 Å². The highest BCUT2D eigenvalue weighted by Crippen LogP contribution is 1.83. The first-order valence-electron chi connectivity index (χ1n) is 2.70. The Kier molecular flexibility index (Phi) is 1.85. The number of hydrogen-bond donors (Lipinski definition) is 1. The molecule has 1 aliphatic heterocycles. The average Bonchev–Trinajstić information content (AvgIpc) is 1.79. The molecule has 0 atom stereocenters. The van der Waals surface area contributed by atoms with Crippen LogP contribution < -0.4 is 5.32 Å². The lowest BCUT2D eigenvalue weighted by molar-refractivity contribution is -0.115. The summed E-state index contributed by atoms with van der Waals surface area (Å²) < 4.78 is 0. The monoisotopic (exact) mass is 121 g/mol. The van der Waals surface area contributed by atoms with Gasteiger partial charge in [0.2, 0.25) is 5.91 Å². The molecule has 2 nitrogen and oxygen atoms in total. The molecule has 1 aliphatic rings. The van der Waals surface area contributed by atoms with Crippen LogP contribution in [0.2, 0.25) is 0 Å². The maximum Gasteiger partial charge on any atom is 0.247 e. The van der Waals surface area contributed by atoms with E-state index in [2.05, 4.69) is 5.32 Å². The van der Waals surface area contributed by atoms with Gasteiger partial charge in [0.05, 0.1) is 0 Å². The topological polar surface area (TPSA) is 29.1 Å². The Morgan fingerprint density at radius 1 is 1.11 bits per heavy atom. The quantitative estimate of drug-likeness (QED) is 0.503. The van der Waals surface area contributed by atoms with E-state index >= 15 is 0 Å². The molecule has 1 heterocycles. The molecule has 0 unspecified atom stereocenters. The van der Waals surface area contributed by atoms with Crippen molar-refractivity contribution in [2.75, 3.05) is 0 Å². The summed E-state index contributed by atoms with van der Waals surface area (Å²) in [5.74, 6) is -0.0874. The second-order valence-electron chi connectivity index (χ2n) is 1.61. The molecular weight excluding hydrogens is 114 g/mol. The molecule has 0 radical (unpaired) electrons. The molecule has 2 heteroatoms. The average molecular weight is 121 g/mol. The van der Waals surface area contributed by atoms with Crippen molar-refractivity contribution >= 4 is 5.91 Å². The molecule has 1 rings (SSSR count). The first-order chi connectivity index (χ1) is 4.39. The molecule has 0 aromatic heterocycles. The highest BCUT2D eigenvalue weighted by atomic mass is 16.1. The van der Waals surface area contributed by atoms with E-state index in [1.54, 1.807) is 24.4 Å². The van der Waals surface area contributed by atoms with E-state index in [1.807, 2.05) is 6.08 Å². The lowest BCUT2D eigenvalue weighted by atomic mass is 10.4. The fourth-order valence-electron chi connectivity index (χ4n) is 0.505. The van der Waals surface area contributed by atoms with E-state index in [-0.39, 0.29) is 5.91 Å². The lowest BCUT2D eigenvalue weighted by Crippen LogP contribution is -2.13. The molecule has 1 N–H and O–H groups in total. The van der Waals surface area contributed by atoms with Crippen LogP contribution in [-0.4, -0.2) is 5.91 Å². The molecule has 0 fully saturated rings. The number of carbonyl (C=O) groups is 1. The van der Waals surface area contributed by atoms with E-state index in [9.17, 15) is 4.79 Å². The molecule has 46 valence electrons. The van der Waals surface area contributed by atoms with E-state index in [1.165, 1.54) is 6.08 Å². The van der Waals surface area contributed by atoms with Gasteiger partial charge in [-0.25, -0.2) is 0 Å². The van der Waals surface area contributed by atoms with Crippen molar-refractivity contribution in [3.8, 4) is 0 Å². The van der Waals surface area contributed by atoms with Crippen LogP contribution in [0, 0.1) is 0 Å². The van der Waals surface area contributed by atoms with Gasteiger partial charge in [0.1, 0.15) is 0 Å². The summed E-state index contributed by atoms with van der Waals surface area (Å²) >= 11 is 0. The molecule has 0 saturated heterocycles. The normalized spacial score (nSPS) is 16.7. The molecule has 0 aromatic carbocycles. The molecule has 0 aromatic rings. The molecule has 0 spiro atoms. The molecule has 0 aliphatic carbocycles. The van der Waals surface area contributed by atoms with Gasteiger partial charge in [0.25, 0.3) is 0 Å². The summed E-state index contributed by atoms with van der Waals surface area (Å²) in [5.41, 5.74) is 0. The van der Waals surface area contributed by atoms with Gasteiger partial charge in [0.15, 0.2) is 0 Å². The van der Waals surface area contributed by atoms with Gasteiger partial charge in [-0.05, 0) is 6.08 Å². The van der Waals surface area contributed by atoms with Crippen LogP contribution in [0.1, 0.15) is 0 Å². The third kappa shape index (κ3) is 1.95. The van der Waals surface area contributed by atoms with Gasteiger partial charge in [-0.15, -0.1) is 0 Å². The predicted octanol–water partition coefficient (Wildman–Crippen LogP) is 0.742. The molecular formula is C7H7NO. The minimum atomic E-state index is -0.0874. The Hall–Kier alpha value is -1.31. The van der Waals surface area contributed by atoms with Gasteiger partial charge in [-0.2, -0.15) is 0 Å². The Morgan fingerprint density at radius 3 is 2.78 bits per heavy atom. The van der Waals surface area contributed by atoms with Crippen molar-refractivity contribution in [1.82, 2.24) is 5.32 Å². The molecule has 9 heavy (non-hydrogen) atoms. The number of amides is 1. The van der Waals surface area contributed by atoms with Crippen LogP contribution >= 0.6 is 0 Å². The smallest absolute Gasteiger partial charge is 0.247 e. The number of carbonyl (C=O) groups excluding carboxylic acids is 1. The zero-order chi connectivity index (χ0) is 6.53. The first kappa shape index (κ1) is 5.82. The third-order valence-corrected chi connectivity index (χ3v) is 0.903. The van der Waals surface area contributed by atoms with Gasteiger partial charge in [-0.1, -0.05) is 18.2 Å². The zero-order valence-corrected chi connectivity index (χ0v) is 4.87. The Morgan fingerprint density at radius 2 is 1.89 bits per heavy atom. The van der Waals surface area contributed by atoms with Crippen LogP contribution in [0.25, 0.3) is 0 Å². The number of nitrogens with one attached hydrogen (secondary N) is 1. The van der Waals surface area contributed by atoms with Crippen molar-refractivity contribution in [3.63, 3.8) is 0 Å². The number of hydrogen-bond acceptors (Lipinski definition) is 1. The first-order valence-corrected chi connectivity index (χ1v) is 2.70. The summed E-state index contributed by atoms with van der Waals surface area (Å²) in [6.07, 6.45) is 10.2. The van der Waals surface area contributed by atoms with Crippen molar-refractivity contribution in [2.24, 2.45) is 0 Å². The van der Waals surface area contributed by atoms with Crippen LogP contribution in [-0.2, 0) is 4.79 Å². The van der Waals surface area contributed by atoms with Gasteiger partial charge >= 0.3 is 0 Å². The molecule has 1 amide bonds. The van der Waals surface area contributed by atoms with E-state index in [4.69, 9.17) is 0 Å². The summed E-state index contributed by atoms with van der Waals surface area (Å²) in [5, 5.41) is 2.53. The number of rotatable bonds is 0. The number of allylic oxidation sites excluding steroid dienone is 4. The lowest BCUT2D eigenvalue weighted by Gasteiger charge is -1.91. The zero-order valence-electron chi connectivity index (χ0n) is 4.87. The van der Waals surface area contributed by atoms with Crippen molar-refractivity contribution in [3.05, 3.63) is 36.6 Å². The molecule has 0 bridgehead atoms. The SMILES string of the molecule is O=C1C=CC=CC=CN1. The van der Waals surface area contributed by atoms with Crippen molar-refractivity contribution in [1.29, 1.82) is 0 Å². The minimum Gasteiger partial charge on any atom is -0.329 e. The van der Waals surface area contributed by atoms with E-state index in [0.717, 1.165) is 0 Å². The summed E-state index contributed by atoms with van der Waals surface area (Å²) in [4.78, 5) is 10.6. The second kappa shape index (κ2) is 2.87. The highest BCUT2D eigenvalue weighted by Gasteiger charge is 1.87. The van der Waals surface area contributed by atoms with Crippen LogP contribution in [0.15, 0.2) is 36.6 Å². The highest BCUT2D eigenvalue weighted by molar-refractivity contribution is 5.88. The summed E-state index contributed by atoms with van der Waals surface area (Å²) in [7, 11) is 0. The van der Waals surface area contributed by atoms with Gasteiger partial charge in [0, 0.05) is 12.3 Å². The third-order valence-electron chi connectivity index (χ3n) is 0.903. The fraction of sp³-hybridized carbons (Fsp3) is 0.